The number of rotatable bonds is 7. The van der Waals surface area contributed by atoms with E-state index in [1.807, 2.05) is 0 Å². The van der Waals surface area contributed by atoms with Crippen molar-refractivity contribution in [3.05, 3.63) is 12.2 Å². The molecule has 0 radical (unpaired) electrons. The molecular formula is C13H24O3. The third kappa shape index (κ3) is 3.89. The Balaban J connectivity index is 2.31. The van der Waals surface area contributed by atoms with Crippen LogP contribution in [-0.2, 0) is 9.47 Å². The largest absolute Gasteiger partial charge is 0.394 e. The molecule has 1 aliphatic rings. The predicted molar refractivity (Wildman–Crippen MR) is 64.4 cm³/mol. The predicted octanol–water partition coefficient (Wildman–Crippen LogP) is 2.15. The van der Waals surface area contributed by atoms with Crippen molar-refractivity contribution >= 4 is 0 Å². The molecule has 1 fully saturated rings. The van der Waals surface area contributed by atoms with E-state index < -0.39 is 0 Å². The van der Waals surface area contributed by atoms with Crippen molar-refractivity contribution in [1.29, 1.82) is 0 Å². The highest BCUT2D eigenvalue weighted by atomic mass is 16.6. The Labute approximate surface area is 98.4 Å². The maximum absolute atomic E-state index is 9.19. The molecule has 1 rings (SSSR count). The van der Waals surface area contributed by atoms with Gasteiger partial charge in [-0.1, -0.05) is 25.5 Å². The zero-order valence-electron chi connectivity index (χ0n) is 10.4. The lowest BCUT2D eigenvalue weighted by molar-refractivity contribution is 0.0381. The summed E-state index contributed by atoms with van der Waals surface area (Å²) in [5, 5.41) is 9.19. The monoisotopic (exact) mass is 228 g/mol. The van der Waals surface area contributed by atoms with Gasteiger partial charge in [0, 0.05) is 13.0 Å². The minimum Gasteiger partial charge on any atom is -0.394 e. The highest BCUT2D eigenvalue weighted by Crippen LogP contribution is 2.27. The molecule has 16 heavy (non-hydrogen) atoms. The van der Waals surface area contributed by atoms with Crippen molar-refractivity contribution in [2.75, 3.05) is 20.3 Å². The second-order valence-electron chi connectivity index (χ2n) is 4.33. The van der Waals surface area contributed by atoms with Crippen molar-refractivity contribution in [2.45, 2.75) is 44.8 Å². The van der Waals surface area contributed by atoms with Crippen LogP contribution in [0.3, 0.4) is 0 Å². The first-order chi connectivity index (χ1) is 7.83. The van der Waals surface area contributed by atoms with Gasteiger partial charge in [-0.05, 0) is 19.3 Å². The lowest BCUT2D eigenvalue weighted by atomic mass is 9.93. The average molecular weight is 228 g/mol. The number of aliphatic hydroxyl groups excluding tert-OH is 1. The first-order valence-corrected chi connectivity index (χ1v) is 6.23. The molecule has 1 N–H and O–H groups in total. The summed E-state index contributed by atoms with van der Waals surface area (Å²) in [6, 6.07) is 0. The van der Waals surface area contributed by atoms with Gasteiger partial charge in [0.2, 0.25) is 0 Å². The molecule has 0 aliphatic carbocycles. The second kappa shape index (κ2) is 7.82. The third-order valence-electron chi connectivity index (χ3n) is 3.20. The Morgan fingerprint density at radius 3 is 2.75 bits per heavy atom. The molecule has 1 saturated heterocycles. The summed E-state index contributed by atoms with van der Waals surface area (Å²) >= 11 is 0. The number of methoxy groups -OCH3 is 1. The van der Waals surface area contributed by atoms with Gasteiger partial charge < -0.3 is 14.6 Å². The van der Waals surface area contributed by atoms with E-state index in [1.165, 1.54) is 6.42 Å². The molecule has 0 bridgehead atoms. The highest BCUT2D eigenvalue weighted by Gasteiger charge is 2.36. The second-order valence-corrected chi connectivity index (χ2v) is 4.33. The maximum Gasteiger partial charge on any atom is 0.0860 e. The number of unbranched alkanes of at least 4 members (excludes halogenated alkanes) is 1. The fraction of sp³-hybridized carbons (Fsp3) is 0.846. The minimum absolute atomic E-state index is 0.0375. The zero-order valence-corrected chi connectivity index (χ0v) is 10.4. The maximum atomic E-state index is 9.19. The van der Waals surface area contributed by atoms with Crippen LogP contribution in [0.5, 0.6) is 0 Å². The van der Waals surface area contributed by atoms with Crippen molar-refractivity contribution < 1.29 is 14.6 Å². The standard InChI is InChI=1S/C13H24O3/c1-3-4-5-6-7-8-11-12(9-14)16-10-13(11)15-2/h5-6,11-14H,3-4,7-10H2,1-2H3/b6-5-/t11-,12-,13?/m1/s1. The van der Waals surface area contributed by atoms with Crippen LogP contribution >= 0.6 is 0 Å². The number of aliphatic hydroxyl groups is 1. The van der Waals surface area contributed by atoms with Crippen LogP contribution in [0.4, 0.5) is 0 Å². The molecule has 0 amide bonds. The van der Waals surface area contributed by atoms with E-state index in [4.69, 9.17) is 9.47 Å². The van der Waals surface area contributed by atoms with E-state index in [-0.39, 0.29) is 18.8 Å². The molecule has 0 aromatic heterocycles. The van der Waals surface area contributed by atoms with Gasteiger partial charge >= 0.3 is 0 Å². The van der Waals surface area contributed by atoms with Gasteiger partial charge in [-0.15, -0.1) is 0 Å². The number of hydrogen-bond acceptors (Lipinski definition) is 3. The Bertz CT molecular complexity index is 191. The zero-order chi connectivity index (χ0) is 11.8. The quantitative estimate of drug-likeness (QED) is 0.679. The van der Waals surface area contributed by atoms with Gasteiger partial charge in [-0.2, -0.15) is 0 Å². The SMILES string of the molecule is CCC/C=C\CC[C@H]1C(OC)CO[C@@H]1CO. The van der Waals surface area contributed by atoms with Crippen molar-refractivity contribution in [3.8, 4) is 0 Å². The molecule has 0 spiro atoms. The van der Waals surface area contributed by atoms with Gasteiger partial charge in [0.1, 0.15) is 0 Å². The summed E-state index contributed by atoms with van der Waals surface area (Å²) in [5.41, 5.74) is 0. The molecule has 3 nitrogen and oxygen atoms in total. The Morgan fingerprint density at radius 1 is 1.38 bits per heavy atom. The van der Waals surface area contributed by atoms with Crippen molar-refractivity contribution in [2.24, 2.45) is 5.92 Å². The molecule has 0 aromatic rings. The molecule has 1 heterocycles. The van der Waals surface area contributed by atoms with E-state index in [0.717, 1.165) is 19.3 Å². The van der Waals surface area contributed by atoms with E-state index in [1.54, 1.807) is 7.11 Å². The first kappa shape index (κ1) is 13.7. The fourth-order valence-corrected chi connectivity index (χ4v) is 2.20. The van der Waals surface area contributed by atoms with E-state index in [0.29, 0.717) is 12.5 Å². The molecule has 1 aliphatic heterocycles. The summed E-state index contributed by atoms with van der Waals surface area (Å²) in [6.07, 6.45) is 8.99. The molecule has 94 valence electrons. The van der Waals surface area contributed by atoms with Crippen LogP contribution in [0.1, 0.15) is 32.6 Å². The number of allylic oxidation sites excluding steroid dienone is 2. The van der Waals surface area contributed by atoms with Gasteiger partial charge in [-0.3, -0.25) is 0 Å². The van der Waals surface area contributed by atoms with Crippen molar-refractivity contribution in [1.82, 2.24) is 0 Å². The van der Waals surface area contributed by atoms with Gasteiger partial charge in [0.05, 0.1) is 25.4 Å². The lowest BCUT2D eigenvalue weighted by Gasteiger charge is -2.19. The van der Waals surface area contributed by atoms with Gasteiger partial charge in [0.25, 0.3) is 0 Å². The Hall–Kier alpha value is -0.380. The van der Waals surface area contributed by atoms with Crippen LogP contribution < -0.4 is 0 Å². The number of ether oxygens (including phenoxy) is 2. The minimum atomic E-state index is -0.0375. The lowest BCUT2D eigenvalue weighted by Crippen LogP contribution is -2.27. The fourth-order valence-electron chi connectivity index (χ4n) is 2.20. The summed E-state index contributed by atoms with van der Waals surface area (Å²) in [4.78, 5) is 0. The van der Waals surface area contributed by atoms with Crippen LogP contribution in [0.2, 0.25) is 0 Å². The average Bonchev–Trinajstić information content (AvgIpc) is 2.71. The molecule has 3 heteroatoms. The Morgan fingerprint density at radius 2 is 2.12 bits per heavy atom. The van der Waals surface area contributed by atoms with E-state index >= 15 is 0 Å². The van der Waals surface area contributed by atoms with Crippen LogP contribution in [0.15, 0.2) is 12.2 Å². The normalized spacial score (nSPS) is 30.3. The number of hydrogen-bond donors (Lipinski definition) is 1. The Kier molecular flexibility index (Phi) is 6.69. The summed E-state index contributed by atoms with van der Waals surface area (Å²) in [6.45, 7) is 2.90. The summed E-state index contributed by atoms with van der Waals surface area (Å²) in [7, 11) is 1.72. The van der Waals surface area contributed by atoms with Crippen LogP contribution in [-0.4, -0.2) is 37.6 Å². The first-order valence-electron chi connectivity index (χ1n) is 6.23. The highest BCUT2D eigenvalue weighted by molar-refractivity contribution is 4.88. The summed E-state index contributed by atoms with van der Waals surface area (Å²) < 4.78 is 10.9. The van der Waals surface area contributed by atoms with E-state index in [9.17, 15) is 5.11 Å². The molecular weight excluding hydrogens is 204 g/mol. The molecule has 0 aromatic carbocycles. The van der Waals surface area contributed by atoms with Gasteiger partial charge in [0.15, 0.2) is 0 Å². The smallest absolute Gasteiger partial charge is 0.0860 e. The topological polar surface area (TPSA) is 38.7 Å². The van der Waals surface area contributed by atoms with Crippen LogP contribution in [0, 0.1) is 5.92 Å². The van der Waals surface area contributed by atoms with Gasteiger partial charge in [-0.25, -0.2) is 0 Å². The van der Waals surface area contributed by atoms with Crippen LogP contribution in [0.25, 0.3) is 0 Å². The summed E-state index contributed by atoms with van der Waals surface area (Å²) in [5.74, 6) is 0.335. The third-order valence-corrected chi connectivity index (χ3v) is 3.20. The molecule has 0 saturated carbocycles. The van der Waals surface area contributed by atoms with E-state index in [2.05, 4.69) is 19.1 Å². The molecule has 1 unspecified atom stereocenters. The van der Waals surface area contributed by atoms with Crippen molar-refractivity contribution in [3.63, 3.8) is 0 Å². The molecule has 3 atom stereocenters.